The normalized spacial score (nSPS) is 15.7. The van der Waals surface area contributed by atoms with Crippen molar-refractivity contribution in [1.29, 1.82) is 0 Å². The molecule has 0 saturated carbocycles. The Morgan fingerprint density at radius 1 is 1.22 bits per heavy atom. The van der Waals surface area contributed by atoms with Crippen molar-refractivity contribution < 1.29 is 22.3 Å². The molecule has 0 bridgehead atoms. The molecule has 0 radical (unpaired) electrons. The number of aliphatic imine (C=N–C) groups is 1. The minimum atomic E-state index is -4.67. The van der Waals surface area contributed by atoms with Crippen molar-refractivity contribution in [3.8, 4) is 0 Å². The first-order chi connectivity index (χ1) is 10.8. The molecule has 1 heterocycles. The first kappa shape index (κ1) is 20.5. The lowest BCUT2D eigenvalue weighted by atomic mass is 9.97. The van der Waals surface area contributed by atoms with Crippen LogP contribution in [-0.4, -0.2) is 47.1 Å². The standard InChI is InChI=1S/C14H19NOS2.H2O4S/c1-3-11(10-16-2)12-4-6-13(7-5-12)15-14-17-8-9-18-14;1-5(2,3)4/h4-7,11H,3,8-10H2,1-2H3;(H2,1,2,3,4). The summed E-state index contributed by atoms with van der Waals surface area (Å²) in [7, 11) is -2.91. The van der Waals surface area contributed by atoms with Gasteiger partial charge in [0.25, 0.3) is 0 Å². The van der Waals surface area contributed by atoms with Gasteiger partial charge in [0, 0.05) is 24.5 Å². The lowest BCUT2D eigenvalue weighted by Crippen LogP contribution is -2.04. The number of thioether (sulfide) groups is 2. The fraction of sp³-hybridized carbons (Fsp3) is 0.500. The molecule has 1 aliphatic heterocycles. The van der Waals surface area contributed by atoms with Crippen LogP contribution in [-0.2, 0) is 15.1 Å². The molecule has 9 heteroatoms. The molecule has 0 spiro atoms. The van der Waals surface area contributed by atoms with Gasteiger partial charge in [-0.15, -0.1) is 0 Å². The maximum absolute atomic E-state index is 8.74. The van der Waals surface area contributed by atoms with E-state index in [1.807, 2.05) is 23.5 Å². The zero-order valence-electron chi connectivity index (χ0n) is 13.0. The molecular formula is C14H21NO5S3. The maximum Gasteiger partial charge on any atom is 0.394 e. The number of hydrogen-bond donors (Lipinski definition) is 2. The summed E-state index contributed by atoms with van der Waals surface area (Å²) < 4.78 is 38.0. The topological polar surface area (TPSA) is 96.2 Å². The van der Waals surface area contributed by atoms with Crippen LogP contribution in [0.4, 0.5) is 5.69 Å². The number of benzene rings is 1. The Morgan fingerprint density at radius 2 is 1.74 bits per heavy atom. The van der Waals surface area contributed by atoms with E-state index < -0.39 is 10.4 Å². The average Bonchev–Trinajstić information content (AvgIpc) is 2.97. The molecule has 1 unspecified atom stereocenters. The van der Waals surface area contributed by atoms with Crippen LogP contribution in [0, 0.1) is 0 Å². The van der Waals surface area contributed by atoms with E-state index in [0.717, 1.165) is 18.7 Å². The van der Waals surface area contributed by atoms with E-state index >= 15 is 0 Å². The van der Waals surface area contributed by atoms with Crippen LogP contribution < -0.4 is 0 Å². The van der Waals surface area contributed by atoms with Crippen LogP contribution in [0.5, 0.6) is 0 Å². The molecule has 1 aliphatic rings. The molecule has 1 atom stereocenters. The second-order valence-corrected chi connectivity index (χ2v) is 8.00. The van der Waals surface area contributed by atoms with E-state index in [9.17, 15) is 0 Å². The van der Waals surface area contributed by atoms with E-state index in [4.69, 9.17) is 22.3 Å². The van der Waals surface area contributed by atoms with Gasteiger partial charge in [0.15, 0.2) is 0 Å². The minimum absolute atomic E-state index is 0.493. The number of ether oxygens (including phenoxy) is 1. The summed E-state index contributed by atoms with van der Waals surface area (Å²) in [6.07, 6.45) is 1.10. The second-order valence-electron chi connectivity index (χ2n) is 4.67. The van der Waals surface area contributed by atoms with Gasteiger partial charge in [-0.05, 0) is 24.1 Å². The second kappa shape index (κ2) is 10.3. The molecule has 2 N–H and O–H groups in total. The van der Waals surface area contributed by atoms with Crippen molar-refractivity contribution in [3.63, 3.8) is 0 Å². The summed E-state index contributed by atoms with van der Waals surface area (Å²) in [5, 5.41) is 0. The Balaban J connectivity index is 0.000000463. The van der Waals surface area contributed by atoms with Gasteiger partial charge in [0.05, 0.1) is 12.3 Å². The number of hydrogen-bond acceptors (Lipinski definition) is 6. The van der Waals surface area contributed by atoms with Gasteiger partial charge in [-0.3, -0.25) is 9.11 Å². The third-order valence-corrected chi connectivity index (χ3v) is 5.44. The molecule has 0 aromatic heterocycles. The van der Waals surface area contributed by atoms with Gasteiger partial charge in [-0.2, -0.15) is 8.42 Å². The Kier molecular flexibility index (Phi) is 9.18. The van der Waals surface area contributed by atoms with Gasteiger partial charge in [0.2, 0.25) is 0 Å². The van der Waals surface area contributed by atoms with Gasteiger partial charge < -0.3 is 4.74 Å². The van der Waals surface area contributed by atoms with E-state index in [0.29, 0.717) is 5.92 Å². The summed E-state index contributed by atoms with van der Waals surface area (Å²) in [6, 6.07) is 8.58. The molecule has 0 amide bonds. The molecular weight excluding hydrogens is 358 g/mol. The quantitative estimate of drug-likeness (QED) is 0.754. The Hall–Kier alpha value is -0.580. The lowest BCUT2D eigenvalue weighted by Gasteiger charge is -2.14. The highest BCUT2D eigenvalue weighted by molar-refractivity contribution is 8.41. The predicted molar refractivity (Wildman–Crippen MR) is 97.5 cm³/mol. The van der Waals surface area contributed by atoms with Gasteiger partial charge in [-0.1, -0.05) is 42.6 Å². The monoisotopic (exact) mass is 379 g/mol. The van der Waals surface area contributed by atoms with Crippen molar-refractivity contribution in [2.75, 3.05) is 25.2 Å². The number of nitrogens with zero attached hydrogens (tertiary/aromatic N) is 1. The maximum atomic E-state index is 8.74. The molecule has 1 saturated heterocycles. The van der Waals surface area contributed by atoms with Crippen LogP contribution in [0.15, 0.2) is 29.3 Å². The Morgan fingerprint density at radius 3 is 2.17 bits per heavy atom. The smallest absolute Gasteiger partial charge is 0.384 e. The van der Waals surface area contributed by atoms with Crippen molar-refractivity contribution in [1.82, 2.24) is 0 Å². The van der Waals surface area contributed by atoms with E-state index in [2.05, 4.69) is 36.2 Å². The molecule has 1 aromatic carbocycles. The van der Waals surface area contributed by atoms with E-state index in [-0.39, 0.29) is 0 Å². The molecule has 1 fully saturated rings. The van der Waals surface area contributed by atoms with Crippen molar-refractivity contribution in [2.45, 2.75) is 19.3 Å². The fourth-order valence-electron chi connectivity index (χ4n) is 1.94. The number of rotatable bonds is 5. The van der Waals surface area contributed by atoms with Gasteiger partial charge in [-0.25, -0.2) is 4.99 Å². The third kappa shape index (κ3) is 9.33. The molecule has 6 nitrogen and oxygen atoms in total. The van der Waals surface area contributed by atoms with Crippen molar-refractivity contribution in [2.24, 2.45) is 4.99 Å². The van der Waals surface area contributed by atoms with Crippen LogP contribution in [0.1, 0.15) is 24.8 Å². The molecule has 2 rings (SSSR count). The average molecular weight is 380 g/mol. The number of methoxy groups -OCH3 is 1. The lowest BCUT2D eigenvalue weighted by molar-refractivity contribution is 0.177. The van der Waals surface area contributed by atoms with E-state index in [1.54, 1.807) is 7.11 Å². The molecule has 0 aliphatic carbocycles. The first-order valence-corrected chi connectivity index (χ1v) is 10.3. The summed E-state index contributed by atoms with van der Waals surface area (Å²) in [5.74, 6) is 2.87. The van der Waals surface area contributed by atoms with Crippen LogP contribution >= 0.6 is 23.5 Å². The summed E-state index contributed by atoms with van der Waals surface area (Å²) in [6.45, 7) is 2.99. The highest BCUT2D eigenvalue weighted by atomic mass is 32.3. The summed E-state index contributed by atoms with van der Waals surface area (Å²) >= 11 is 3.71. The predicted octanol–water partition coefficient (Wildman–Crippen LogP) is 3.64. The molecule has 130 valence electrons. The largest absolute Gasteiger partial charge is 0.394 e. The highest BCUT2D eigenvalue weighted by Gasteiger charge is 2.11. The fourth-order valence-corrected chi connectivity index (χ4v) is 4.13. The van der Waals surface area contributed by atoms with Crippen LogP contribution in [0.3, 0.4) is 0 Å². The Labute approximate surface area is 145 Å². The summed E-state index contributed by atoms with van der Waals surface area (Å²) in [4.78, 5) is 4.64. The van der Waals surface area contributed by atoms with Crippen LogP contribution in [0.2, 0.25) is 0 Å². The Bertz CT molecular complexity index is 585. The minimum Gasteiger partial charge on any atom is -0.384 e. The highest BCUT2D eigenvalue weighted by Crippen LogP contribution is 2.30. The third-order valence-electron chi connectivity index (χ3n) is 2.98. The van der Waals surface area contributed by atoms with E-state index in [1.165, 1.54) is 21.4 Å². The van der Waals surface area contributed by atoms with Gasteiger partial charge >= 0.3 is 10.4 Å². The van der Waals surface area contributed by atoms with Crippen molar-refractivity contribution in [3.05, 3.63) is 29.8 Å². The summed E-state index contributed by atoms with van der Waals surface area (Å²) in [5.41, 5.74) is 2.40. The van der Waals surface area contributed by atoms with Crippen LogP contribution in [0.25, 0.3) is 0 Å². The van der Waals surface area contributed by atoms with Crippen molar-refractivity contribution >= 4 is 44.0 Å². The molecule has 23 heavy (non-hydrogen) atoms. The zero-order chi connectivity index (χ0) is 17.3. The SMILES string of the molecule is CCC(COC)c1ccc(N=C2SCCS2)cc1.O=S(=O)(O)O. The molecule has 1 aromatic rings. The zero-order valence-corrected chi connectivity index (χ0v) is 15.5. The first-order valence-electron chi connectivity index (χ1n) is 6.96. The van der Waals surface area contributed by atoms with Gasteiger partial charge in [0.1, 0.15) is 4.38 Å².